The monoisotopic (exact) mass is 469 g/mol. The van der Waals surface area contributed by atoms with E-state index in [1.807, 2.05) is 30.3 Å². The fourth-order valence-corrected chi connectivity index (χ4v) is 5.67. The molecule has 36 heavy (non-hydrogen) atoms. The highest BCUT2D eigenvalue weighted by Gasteiger charge is 2.39. The largest absolute Gasteiger partial charge is 0.347 e. The quantitative estimate of drug-likeness (QED) is 0.278. The lowest BCUT2D eigenvalue weighted by Gasteiger charge is -2.24. The van der Waals surface area contributed by atoms with Gasteiger partial charge >= 0.3 is 0 Å². The van der Waals surface area contributed by atoms with Gasteiger partial charge in [-0.15, -0.1) is 0 Å². The van der Waals surface area contributed by atoms with Gasteiger partial charge in [0.25, 0.3) is 10.8 Å². The van der Waals surface area contributed by atoms with Crippen LogP contribution in [0.3, 0.4) is 0 Å². The van der Waals surface area contributed by atoms with Crippen LogP contribution in [0.25, 0.3) is 16.8 Å². The van der Waals surface area contributed by atoms with Crippen molar-refractivity contribution in [2.24, 2.45) is 0 Å². The van der Waals surface area contributed by atoms with Crippen LogP contribution in [0.4, 0.5) is 17.1 Å². The second-order valence-corrected chi connectivity index (χ2v) is 10.1. The van der Waals surface area contributed by atoms with E-state index in [2.05, 4.69) is 110 Å². The zero-order valence-electron chi connectivity index (χ0n) is 21.1. The van der Waals surface area contributed by atoms with E-state index in [9.17, 15) is 4.79 Å². The molecule has 0 amide bonds. The molecule has 3 nitrogen and oxygen atoms in total. The van der Waals surface area contributed by atoms with Crippen molar-refractivity contribution < 1.29 is 0 Å². The number of anilines is 1. The molecule has 0 aromatic heterocycles. The van der Waals surface area contributed by atoms with Gasteiger partial charge in [0.15, 0.2) is 0 Å². The number of rotatable bonds is 3. The Hall–Kier alpha value is -4.24. The maximum absolute atomic E-state index is 13.8. The third-order valence-electron chi connectivity index (χ3n) is 7.67. The molecular formula is C33H29N2O+. The van der Waals surface area contributed by atoms with Gasteiger partial charge in [-0.25, -0.2) is 0 Å². The highest BCUT2D eigenvalue weighted by atomic mass is 16.1. The summed E-state index contributed by atoms with van der Waals surface area (Å²) in [5.74, 6) is 0. The number of hydrogen-bond acceptors (Lipinski definition) is 2. The fraction of sp³-hybridized carbons (Fsp3) is 0.152. The Morgan fingerprint density at radius 3 is 2.17 bits per heavy atom. The van der Waals surface area contributed by atoms with Crippen LogP contribution in [-0.4, -0.2) is 7.05 Å². The van der Waals surface area contributed by atoms with Crippen LogP contribution in [-0.2, 0) is 5.41 Å². The molecule has 0 saturated carbocycles. The fourth-order valence-electron chi connectivity index (χ4n) is 5.67. The van der Waals surface area contributed by atoms with Gasteiger partial charge in [0.1, 0.15) is 0 Å². The molecule has 0 aliphatic carbocycles. The molecule has 1 aliphatic rings. The van der Waals surface area contributed by atoms with Crippen LogP contribution >= 0.6 is 0 Å². The molecule has 6 rings (SSSR count). The van der Waals surface area contributed by atoms with E-state index in [-0.39, 0.29) is 10.8 Å². The Morgan fingerprint density at radius 2 is 1.44 bits per heavy atom. The molecule has 3 heteroatoms. The van der Waals surface area contributed by atoms with Crippen LogP contribution in [0.1, 0.15) is 30.5 Å². The summed E-state index contributed by atoms with van der Waals surface area (Å²) in [6.45, 7) is 6.53. The summed E-state index contributed by atoms with van der Waals surface area (Å²) in [7, 11) is 2.09. The van der Waals surface area contributed by atoms with Gasteiger partial charge in [0.05, 0.1) is 0 Å². The topological polar surface area (TPSA) is 23.3 Å². The molecule has 5 aromatic rings. The highest BCUT2D eigenvalue weighted by molar-refractivity contribution is 5.85. The maximum atomic E-state index is 13.8. The number of likely N-dealkylation sites (N-methyl/N-ethyl adjacent to an activating group) is 1. The molecule has 0 fully saturated rings. The van der Waals surface area contributed by atoms with Crippen molar-refractivity contribution in [3.63, 3.8) is 0 Å². The second-order valence-electron chi connectivity index (χ2n) is 10.1. The first-order valence-corrected chi connectivity index (χ1v) is 12.4. The SMILES string of the molecule is Cc1c(C=C2N(C)c3ccccc3C2(C)C)c(=O)c1=[N+](c1ccccc1)c1ccc2ccccc2c1. The first-order valence-electron chi connectivity index (χ1n) is 12.4. The standard InChI is InChI=1S/C33H29N2O/c1-22-27(21-30-33(2,3)28-16-10-11-17-29(28)34(30)4)32(36)31(22)35(25-14-6-5-7-15-25)26-19-18-23-12-8-9-13-24(23)20-26/h5-21H,1-4H3/q+1. The Balaban J connectivity index is 1.56. The molecule has 1 aliphatic heterocycles. The molecule has 0 radical (unpaired) electrons. The van der Waals surface area contributed by atoms with E-state index in [0.717, 1.165) is 38.9 Å². The van der Waals surface area contributed by atoms with Crippen molar-refractivity contribution in [1.82, 2.24) is 4.58 Å². The third-order valence-corrected chi connectivity index (χ3v) is 7.67. The van der Waals surface area contributed by atoms with Crippen molar-refractivity contribution in [3.05, 3.63) is 135 Å². The number of fused-ring (bicyclic) bond motifs is 2. The predicted octanol–water partition coefficient (Wildman–Crippen LogP) is 6.59. The van der Waals surface area contributed by atoms with E-state index in [1.54, 1.807) is 0 Å². The minimum atomic E-state index is -0.174. The Kier molecular flexibility index (Phi) is 5.04. The van der Waals surface area contributed by atoms with Gasteiger partial charge in [0, 0.05) is 59.2 Å². The number of allylic oxidation sites excluding steroid dienone is 1. The second kappa shape index (κ2) is 8.17. The van der Waals surface area contributed by atoms with E-state index in [1.165, 1.54) is 16.6 Å². The summed E-state index contributed by atoms with van der Waals surface area (Å²) in [4.78, 5) is 16.0. The maximum Gasteiger partial charge on any atom is 0.263 e. The summed E-state index contributed by atoms with van der Waals surface area (Å²) in [6, 6.07) is 33.4. The molecule has 0 atom stereocenters. The van der Waals surface area contributed by atoms with Crippen LogP contribution in [0, 0.1) is 6.92 Å². The van der Waals surface area contributed by atoms with Crippen LogP contribution in [0.15, 0.2) is 108 Å². The number of hydrogen-bond donors (Lipinski definition) is 0. The lowest BCUT2D eigenvalue weighted by molar-refractivity contribution is 0.645. The van der Waals surface area contributed by atoms with E-state index >= 15 is 0 Å². The molecule has 0 bridgehead atoms. The van der Waals surface area contributed by atoms with Crippen LogP contribution in [0.2, 0.25) is 0 Å². The number of benzene rings is 4. The number of para-hydroxylation sites is 2. The molecule has 176 valence electrons. The number of nitrogens with zero attached hydrogens (tertiary/aromatic N) is 2. The smallest absolute Gasteiger partial charge is 0.263 e. The minimum Gasteiger partial charge on any atom is -0.347 e. The van der Waals surface area contributed by atoms with E-state index in [0.29, 0.717) is 0 Å². The summed E-state index contributed by atoms with van der Waals surface area (Å²) >= 11 is 0. The first-order chi connectivity index (χ1) is 17.4. The predicted molar refractivity (Wildman–Crippen MR) is 151 cm³/mol. The van der Waals surface area contributed by atoms with Crippen LogP contribution < -0.4 is 20.3 Å². The Labute approximate surface area is 211 Å². The normalized spacial score (nSPS) is 16.6. The van der Waals surface area contributed by atoms with E-state index < -0.39 is 0 Å². The summed E-state index contributed by atoms with van der Waals surface area (Å²) < 4.78 is 2.10. The van der Waals surface area contributed by atoms with Gasteiger partial charge < -0.3 is 4.90 Å². The Morgan fingerprint density at radius 1 is 0.778 bits per heavy atom. The molecule has 0 unspecified atom stereocenters. The van der Waals surface area contributed by atoms with Crippen molar-refractivity contribution in [2.75, 3.05) is 11.9 Å². The van der Waals surface area contributed by atoms with Gasteiger partial charge in [0.2, 0.25) is 11.4 Å². The molecule has 0 saturated heterocycles. The van der Waals surface area contributed by atoms with Crippen LogP contribution in [0.5, 0.6) is 0 Å². The Bertz CT molecular complexity index is 1750. The minimum absolute atomic E-state index is 0.0807. The first kappa shape index (κ1) is 22.2. The van der Waals surface area contributed by atoms with Gasteiger partial charge in [-0.2, -0.15) is 4.58 Å². The van der Waals surface area contributed by atoms with Crippen molar-refractivity contribution in [1.29, 1.82) is 0 Å². The van der Waals surface area contributed by atoms with Crippen molar-refractivity contribution in [2.45, 2.75) is 26.2 Å². The third kappa shape index (κ3) is 3.27. The molecule has 0 spiro atoms. The molecular weight excluding hydrogens is 440 g/mol. The van der Waals surface area contributed by atoms with Gasteiger partial charge in [-0.3, -0.25) is 4.79 Å². The average molecular weight is 470 g/mol. The lowest BCUT2D eigenvalue weighted by Crippen LogP contribution is -2.45. The van der Waals surface area contributed by atoms with Gasteiger partial charge in [-0.05, 0) is 41.5 Å². The van der Waals surface area contributed by atoms with E-state index in [4.69, 9.17) is 0 Å². The molecule has 1 heterocycles. The summed E-state index contributed by atoms with van der Waals surface area (Å²) in [5.41, 5.74) is 7.30. The summed E-state index contributed by atoms with van der Waals surface area (Å²) in [6.07, 6.45) is 2.10. The van der Waals surface area contributed by atoms with Crippen molar-refractivity contribution in [3.8, 4) is 0 Å². The summed E-state index contributed by atoms with van der Waals surface area (Å²) in [5, 5.41) is 3.07. The molecule has 5 aromatic carbocycles. The molecule has 0 N–H and O–H groups in total. The average Bonchev–Trinajstić information content (AvgIpc) is 3.10. The van der Waals surface area contributed by atoms with Crippen molar-refractivity contribution >= 4 is 33.9 Å². The zero-order valence-corrected chi connectivity index (χ0v) is 21.1. The van der Waals surface area contributed by atoms with Gasteiger partial charge in [-0.1, -0.05) is 74.5 Å². The highest BCUT2D eigenvalue weighted by Crippen LogP contribution is 2.47. The lowest BCUT2D eigenvalue weighted by atomic mass is 9.82. The zero-order chi connectivity index (χ0) is 25.0.